The number of aryl methyl sites for hydroxylation is 1. The smallest absolute Gasteiger partial charge is 0.169 e. The first-order chi connectivity index (χ1) is 10.3. The highest BCUT2D eigenvalue weighted by molar-refractivity contribution is 7.90. The van der Waals surface area contributed by atoms with Crippen molar-refractivity contribution < 1.29 is 8.42 Å². The van der Waals surface area contributed by atoms with Crippen LogP contribution in [-0.4, -0.2) is 68.2 Å². The molecule has 7 nitrogen and oxygen atoms in total. The molecule has 0 amide bonds. The van der Waals surface area contributed by atoms with Crippen molar-refractivity contribution >= 4 is 15.7 Å². The minimum atomic E-state index is -2.93. The first-order valence-electron chi connectivity index (χ1n) is 7.21. The molecule has 1 aromatic heterocycles. The molecule has 1 saturated heterocycles. The lowest BCUT2D eigenvalue weighted by molar-refractivity contribution is 0.271. The minimum absolute atomic E-state index is 0.180. The zero-order chi connectivity index (χ0) is 16.3. The van der Waals surface area contributed by atoms with Gasteiger partial charge in [0.1, 0.15) is 21.5 Å². The van der Waals surface area contributed by atoms with Crippen molar-refractivity contribution in [3.8, 4) is 6.07 Å². The molecule has 1 fully saturated rings. The number of rotatable bonds is 4. The number of hydrogen-bond acceptors (Lipinski definition) is 7. The summed E-state index contributed by atoms with van der Waals surface area (Å²) in [6.45, 7) is 7.23. The predicted molar refractivity (Wildman–Crippen MR) is 84.6 cm³/mol. The summed E-state index contributed by atoms with van der Waals surface area (Å²) in [4.78, 5) is 4.17. The minimum Gasteiger partial charge on any atom is -0.351 e. The van der Waals surface area contributed by atoms with E-state index in [0.717, 1.165) is 37.4 Å². The molecule has 0 bridgehead atoms. The lowest BCUT2D eigenvalue weighted by Gasteiger charge is -2.35. The van der Waals surface area contributed by atoms with E-state index in [-0.39, 0.29) is 5.75 Å². The fourth-order valence-electron chi connectivity index (χ4n) is 2.43. The SMILES string of the molecule is Cc1nnc(N2CCN(CCS(C)(=O)=O)CC2)c(C#N)c1C. The topological polar surface area (TPSA) is 90.2 Å². The first kappa shape index (κ1) is 16.6. The van der Waals surface area contributed by atoms with Gasteiger partial charge in [-0.15, -0.1) is 5.10 Å². The molecule has 0 saturated carbocycles. The Morgan fingerprint density at radius 1 is 1.18 bits per heavy atom. The summed E-state index contributed by atoms with van der Waals surface area (Å²) in [6, 6.07) is 2.22. The molecule has 8 heteroatoms. The van der Waals surface area contributed by atoms with E-state index in [9.17, 15) is 13.7 Å². The average Bonchev–Trinajstić information content (AvgIpc) is 2.47. The number of hydrogen-bond donors (Lipinski definition) is 0. The molecule has 0 aromatic carbocycles. The second-order valence-corrected chi connectivity index (χ2v) is 7.94. The van der Waals surface area contributed by atoms with Gasteiger partial charge >= 0.3 is 0 Å². The average molecular weight is 323 g/mol. The van der Waals surface area contributed by atoms with Gasteiger partial charge in [-0.1, -0.05) is 0 Å². The summed E-state index contributed by atoms with van der Waals surface area (Å²) >= 11 is 0. The second-order valence-electron chi connectivity index (χ2n) is 5.68. The molecule has 1 aliphatic heterocycles. The van der Waals surface area contributed by atoms with Crippen molar-refractivity contribution in [2.45, 2.75) is 13.8 Å². The van der Waals surface area contributed by atoms with Crippen molar-refractivity contribution in [1.29, 1.82) is 5.26 Å². The normalized spacial score (nSPS) is 16.5. The summed E-state index contributed by atoms with van der Waals surface area (Å²) < 4.78 is 22.4. The molecule has 2 rings (SSSR count). The monoisotopic (exact) mass is 323 g/mol. The van der Waals surface area contributed by atoms with Crippen molar-refractivity contribution in [2.75, 3.05) is 49.6 Å². The number of nitrogens with zero attached hydrogens (tertiary/aromatic N) is 5. The predicted octanol–water partition coefficient (Wildman–Crippen LogP) is 0.132. The lowest BCUT2D eigenvalue weighted by Crippen LogP contribution is -2.48. The maximum Gasteiger partial charge on any atom is 0.169 e. The van der Waals surface area contributed by atoms with Gasteiger partial charge in [-0.2, -0.15) is 10.4 Å². The Labute approximate surface area is 131 Å². The molecule has 2 heterocycles. The van der Waals surface area contributed by atoms with E-state index in [0.29, 0.717) is 17.9 Å². The lowest BCUT2D eigenvalue weighted by atomic mass is 10.1. The Balaban J connectivity index is 2.04. The first-order valence-corrected chi connectivity index (χ1v) is 9.27. The number of anilines is 1. The van der Waals surface area contributed by atoms with E-state index in [1.165, 1.54) is 6.26 Å². The van der Waals surface area contributed by atoms with Gasteiger partial charge in [-0.05, 0) is 19.4 Å². The van der Waals surface area contributed by atoms with E-state index in [2.05, 4.69) is 26.1 Å². The Morgan fingerprint density at radius 2 is 1.82 bits per heavy atom. The third-order valence-electron chi connectivity index (χ3n) is 4.00. The molecular weight excluding hydrogens is 302 g/mol. The molecule has 0 spiro atoms. The Bertz CT molecular complexity index is 688. The summed E-state index contributed by atoms with van der Waals surface area (Å²) in [7, 11) is -2.93. The van der Waals surface area contributed by atoms with Gasteiger partial charge in [-0.3, -0.25) is 4.90 Å². The maximum absolute atomic E-state index is 11.2. The summed E-state index contributed by atoms with van der Waals surface area (Å²) in [5.41, 5.74) is 2.22. The van der Waals surface area contributed by atoms with Gasteiger partial charge in [0.15, 0.2) is 5.82 Å². The van der Waals surface area contributed by atoms with Crippen LogP contribution in [-0.2, 0) is 9.84 Å². The highest BCUT2D eigenvalue weighted by Crippen LogP contribution is 2.22. The summed E-state index contributed by atoms with van der Waals surface area (Å²) in [5.74, 6) is 0.813. The van der Waals surface area contributed by atoms with E-state index in [1.54, 1.807) is 0 Å². The maximum atomic E-state index is 11.2. The third kappa shape index (κ3) is 3.93. The molecule has 22 heavy (non-hydrogen) atoms. The zero-order valence-electron chi connectivity index (χ0n) is 13.2. The molecule has 0 unspecified atom stereocenters. The third-order valence-corrected chi connectivity index (χ3v) is 4.92. The number of nitriles is 1. The van der Waals surface area contributed by atoms with Crippen LogP contribution in [0.25, 0.3) is 0 Å². The van der Waals surface area contributed by atoms with Crippen LogP contribution < -0.4 is 4.90 Å². The van der Waals surface area contributed by atoms with E-state index in [1.807, 2.05) is 13.8 Å². The molecule has 120 valence electrons. The van der Waals surface area contributed by atoms with E-state index in [4.69, 9.17) is 0 Å². The quantitative estimate of drug-likeness (QED) is 0.778. The van der Waals surface area contributed by atoms with Gasteiger partial charge in [0.2, 0.25) is 0 Å². The number of sulfone groups is 1. The molecular formula is C14H21N5O2S. The largest absolute Gasteiger partial charge is 0.351 e. The van der Waals surface area contributed by atoms with Gasteiger partial charge < -0.3 is 4.90 Å². The van der Waals surface area contributed by atoms with Crippen LogP contribution in [0.4, 0.5) is 5.82 Å². The molecule has 0 aliphatic carbocycles. The number of aromatic nitrogens is 2. The highest BCUT2D eigenvalue weighted by Gasteiger charge is 2.22. The van der Waals surface area contributed by atoms with E-state index < -0.39 is 9.84 Å². The molecule has 0 N–H and O–H groups in total. The molecule has 0 atom stereocenters. The molecule has 1 aromatic rings. The fraction of sp³-hybridized carbons (Fsp3) is 0.643. The van der Waals surface area contributed by atoms with Gasteiger partial charge in [0.25, 0.3) is 0 Å². The van der Waals surface area contributed by atoms with Crippen LogP contribution in [0.3, 0.4) is 0 Å². The van der Waals surface area contributed by atoms with Crippen LogP contribution in [0.1, 0.15) is 16.8 Å². The van der Waals surface area contributed by atoms with Crippen LogP contribution in [0.5, 0.6) is 0 Å². The fourth-order valence-corrected chi connectivity index (χ4v) is 3.02. The van der Waals surface area contributed by atoms with Gasteiger partial charge in [0.05, 0.1) is 11.4 Å². The van der Waals surface area contributed by atoms with Gasteiger partial charge in [-0.25, -0.2) is 8.42 Å². The van der Waals surface area contributed by atoms with Crippen LogP contribution >= 0.6 is 0 Å². The summed E-state index contributed by atoms with van der Waals surface area (Å²) in [5, 5.41) is 17.7. The number of piperazine rings is 1. The van der Waals surface area contributed by atoms with Crippen molar-refractivity contribution in [2.24, 2.45) is 0 Å². The zero-order valence-corrected chi connectivity index (χ0v) is 14.0. The van der Waals surface area contributed by atoms with Crippen LogP contribution in [0.2, 0.25) is 0 Å². The second kappa shape index (κ2) is 6.58. The van der Waals surface area contributed by atoms with Crippen LogP contribution in [0, 0.1) is 25.2 Å². The molecule has 0 radical (unpaired) electrons. The standard InChI is InChI=1S/C14H21N5O2S/c1-11-12(2)16-17-14(13(11)10-15)19-6-4-18(5-7-19)8-9-22(3,20)21/h4-9H2,1-3H3. The van der Waals surface area contributed by atoms with Crippen molar-refractivity contribution in [3.05, 3.63) is 16.8 Å². The Kier molecular flexibility index (Phi) is 4.98. The van der Waals surface area contributed by atoms with Crippen LogP contribution in [0.15, 0.2) is 0 Å². The van der Waals surface area contributed by atoms with E-state index >= 15 is 0 Å². The van der Waals surface area contributed by atoms with Crippen molar-refractivity contribution in [1.82, 2.24) is 15.1 Å². The Hall–Kier alpha value is -1.72. The van der Waals surface area contributed by atoms with Crippen molar-refractivity contribution in [3.63, 3.8) is 0 Å². The van der Waals surface area contributed by atoms with Gasteiger partial charge in [0, 0.05) is 39.0 Å². The summed E-state index contributed by atoms with van der Waals surface area (Å²) in [6.07, 6.45) is 1.26. The Morgan fingerprint density at radius 3 is 2.36 bits per heavy atom. The highest BCUT2D eigenvalue weighted by atomic mass is 32.2. The molecule has 1 aliphatic rings.